The first-order valence-electron chi connectivity index (χ1n) is 8.39. The van der Waals surface area contributed by atoms with Gasteiger partial charge in [-0.05, 0) is 18.2 Å². The third kappa shape index (κ3) is 3.43. The molecule has 1 aromatic heterocycles. The lowest BCUT2D eigenvalue weighted by Crippen LogP contribution is -2.49. The van der Waals surface area contributed by atoms with Gasteiger partial charge in [-0.1, -0.05) is 0 Å². The van der Waals surface area contributed by atoms with Crippen LogP contribution in [0, 0.1) is 6.92 Å². The summed E-state index contributed by atoms with van der Waals surface area (Å²) < 4.78 is 16.0. The molecule has 1 amide bonds. The maximum atomic E-state index is 12.7. The average Bonchev–Trinajstić information content (AvgIpc) is 3.27. The van der Waals surface area contributed by atoms with E-state index in [1.54, 1.807) is 25.1 Å². The summed E-state index contributed by atoms with van der Waals surface area (Å²) in [4.78, 5) is 16.9. The summed E-state index contributed by atoms with van der Waals surface area (Å²) in [7, 11) is 0. The lowest BCUT2D eigenvalue weighted by atomic mass is 10.1. The van der Waals surface area contributed by atoms with E-state index < -0.39 is 0 Å². The topological polar surface area (TPSA) is 80.9 Å². The molecule has 0 atom stereocenters. The quantitative estimate of drug-likeness (QED) is 0.822. The predicted molar refractivity (Wildman–Crippen MR) is 87.6 cm³/mol. The van der Waals surface area contributed by atoms with Crippen molar-refractivity contribution in [2.24, 2.45) is 0 Å². The highest BCUT2D eigenvalue weighted by molar-refractivity contribution is 5.95. The van der Waals surface area contributed by atoms with Gasteiger partial charge in [0.05, 0.1) is 0 Å². The number of fused-ring (bicyclic) bond motifs is 1. The highest BCUT2D eigenvalue weighted by atomic mass is 16.7. The largest absolute Gasteiger partial charge is 0.454 e. The molecule has 2 aliphatic heterocycles. The van der Waals surface area contributed by atoms with Crippen LogP contribution in [0.5, 0.6) is 11.5 Å². The van der Waals surface area contributed by atoms with Crippen molar-refractivity contribution in [3.8, 4) is 11.5 Å². The second kappa shape index (κ2) is 6.72. The molecule has 25 heavy (non-hydrogen) atoms. The van der Waals surface area contributed by atoms with Crippen LogP contribution in [-0.4, -0.2) is 65.4 Å². The van der Waals surface area contributed by atoms with Gasteiger partial charge in [-0.2, -0.15) is 0 Å². The summed E-state index contributed by atoms with van der Waals surface area (Å²) in [6, 6.07) is 5.34. The zero-order valence-electron chi connectivity index (χ0n) is 14.1. The molecule has 8 heteroatoms. The first-order valence-corrected chi connectivity index (χ1v) is 8.39. The minimum atomic E-state index is 0.0328. The number of hydrogen-bond acceptors (Lipinski definition) is 7. The van der Waals surface area contributed by atoms with Crippen LogP contribution in [0.2, 0.25) is 0 Å². The second-order valence-electron chi connectivity index (χ2n) is 6.17. The van der Waals surface area contributed by atoms with Gasteiger partial charge in [0.25, 0.3) is 5.91 Å². The number of benzene rings is 1. The number of ether oxygens (including phenoxy) is 2. The van der Waals surface area contributed by atoms with Crippen molar-refractivity contribution < 1.29 is 18.7 Å². The first-order chi connectivity index (χ1) is 12.2. The fraction of sp³-hybridized carbons (Fsp3) is 0.471. The van der Waals surface area contributed by atoms with Gasteiger partial charge in [0, 0.05) is 51.6 Å². The standard InChI is InChI=1S/C17H20N4O4/c1-12-18-19-16(25-12)4-5-20-6-8-21(9-7-20)17(22)13-2-3-14-15(10-13)24-11-23-14/h2-3,10H,4-9,11H2,1H3. The number of carbonyl (C=O) groups is 1. The molecule has 1 saturated heterocycles. The third-order valence-corrected chi connectivity index (χ3v) is 4.49. The van der Waals surface area contributed by atoms with E-state index in [0.717, 1.165) is 26.1 Å². The normalized spacial score (nSPS) is 17.1. The minimum Gasteiger partial charge on any atom is -0.454 e. The van der Waals surface area contributed by atoms with Crippen molar-refractivity contribution in [2.45, 2.75) is 13.3 Å². The second-order valence-corrected chi connectivity index (χ2v) is 6.17. The highest BCUT2D eigenvalue weighted by Gasteiger charge is 2.24. The van der Waals surface area contributed by atoms with Gasteiger partial charge >= 0.3 is 0 Å². The lowest BCUT2D eigenvalue weighted by Gasteiger charge is -2.34. The van der Waals surface area contributed by atoms with Crippen molar-refractivity contribution in [3.05, 3.63) is 35.5 Å². The Hall–Kier alpha value is -2.61. The Kier molecular flexibility index (Phi) is 4.27. The van der Waals surface area contributed by atoms with Crippen LogP contribution in [0.1, 0.15) is 22.1 Å². The fourth-order valence-electron chi connectivity index (χ4n) is 3.08. The van der Waals surface area contributed by atoms with E-state index in [4.69, 9.17) is 13.9 Å². The van der Waals surface area contributed by atoms with Crippen LogP contribution in [-0.2, 0) is 6.42 Å². The molecule has 132 valence electrons. The van der Waals surface area contributed by atoms with Crippen LogP contribution >= 0.6 is 0 Å². The molecule has 4 rings (SSSR count). The number of aromatic nitrogens is 2. The van der Waals surface area contributed by atoms with Crippen LogP contribution in [0.15, 0.2) is 22.6 Å². The molecule has 0 N–H and O–H groups in total. The van der Waals surface area contributed by atoms with E-state index in [-0.39, 0.29) is 12.7 Å². The molecule has 0 radical (unpaired) electrons. The molecular weight excluding hydrogens is 324 g/mol. The van der Waals surface area contributed by atoms with E-state index in [1.807, 2.05) is 4.90 Å². The molecule has 0 bridgehead atoms. The molecule has 0 spiro atoms. The number of carbonyl (C=O) groups excluding carboxylic acids is 1. The monoisotopic (exact) mass is 344 g/mol. The summed E-state index contributed by atoms with van der Waals surface area (Å²) in [5.74, 6) is 2.62. The molecule has 2 aliphatic rings. The molecule has 0 saturated carbocycles. The smallest absolute Gasteiger partial charge is 0.254 e. The molecular formula is C17H20N4O4. The van der Waals surface area contributed by atoms with Gasteiger partial charge in [-0.3, -0.25) is 9.69 Å². The Bertz CT molecular complexity index is 768. The van der Waals surface area contributed by atoms with Crippen LogP contribution in [0.4, 0.5) is 0 Å². The number of amides is 1. The third-order valence-electron chi connectivity index (χ3n) is 4.49. The van der Waals surface area contributed by atoms with Crippen LogP contribution in [0.3, 0.4) is 0 Å². The Morgan fingerprint density at radius 3 is 2.68 bits per heavy atom. The molecule has 2 aromatic rings. The Morgan fingerprint density at radius 2 is 1.92 bits per heavy atom. The van der Waals surface area contributed by atoms with E-state index >= 15 is 0 Å². The van der Waals surface area contributed by atoms with Gasteiger partial charge in [0.1, 0.15) is 0 Å². The summed E-state index contributed by atoms with van der Waals surface area (Å²) in [5, 5.41) is 7.85. The maximum Gasteiger partial charge on any atom is 0.254 e. The number of aryl methyl sites for hydroxylation is 1. The van der Waals surface area contributed by atoms with Crippen molar-refractivity contribution in [1.82, 2.24) is 20.0 Å². The summed E-state index contributed by atoms with van der Waals surface area (Å²) in [6.07, 6.45) is 0.733. The SMILES string of the molecule is Cc1nnc(CCN2CCN(C(=O)c3ccc4c(c3)OCO4)CC2)o1. The highest BCUT2D eigenvalue weighted by Crippen LogP contribution is 2.32. The van der Waals surface area contributed by atoms with Gasteiger partial charge in [-0.25, -0.2) is 0 Å². The fourth-order valence-corrected chi connectivity index (χ4v) is 3.08. The van der Waals surface area contributed by atoms with Gasteiger partial charge in [-0.15, -0.1) is 10.2 Å². The van der Waals surface area contributed by atoms with Crippen molar-refractivity contribution in [1.29, 1.82) is 0 Å². The molecule has 0 unspecified atom stereocenters. The Balaban J connectivity index is 1.30. The summed E-state index contributed by atoms with van der Waals surface area (Å²) in [6.45, 7) is 5.94. The zero-order chi connectivity index (χ0) is 17.2. The first kappa shape index (κ1) is 15.9. The van der Waals surface area contributed by atoms with Crippen molar-refractivity contribution >= 4 is 5.91 Å². The average molecular weight is 344 g/mol. The molecule has 3 heterocycles. The van der Waals surface area contributed by atoms with Crippen molar-refractivity contribution in [2.75, 3.05) is 39.5 Å². The van der Waals surface area contributed by atoms with Crippen molar-refractivity contribution in [3.63, 3.8) is 0 Å². The number of nitrogens with zero attached hydrogens (tertiary/aromatic N) is 4. The number of piperazine rings is 1. The minimum absolute atomic E-state index is 0.0328. The Morgan fingerprint density at radius 1 is 1.12 bits per heavy atom. The lowest BCUT2D eigenvalue weighted by molar-refractivity contribution is 0.0636. The van der Waals surface area contributed by atoms with E-state index in [0.29, 0.717) is 41.9 Å². The molecule has 0 aliphatic carbocycles. The van der Waals surface area contributed by atoms with Crippen LogP contribution in [0.25, 0.3) is 0 Å². The molecule has 1 aromatic carbocycles. The number of rotatable bonds is 4. The van der Waals surface area contributed by atoms with Gasteiger partial charge in [0.15, 0.2) is 11.5 Å². The van der Waals surface area contributed by atoms with E-state index in [1.165, 1.54) is 0 Å². The van der Waals surface area contributed by atoms with E-state index in [9.17, 15) is 4.79 Å². The zero-order valence-corrected chi connectivity index (χ0v) is 14.1. The van der Waals surface area contributed by atoms with Gasteiger partial charge < -0.3 is 18.8 Å². The molecule has 1 fully saturated rings. The Labute approximate surface area is 145 Å². The molecule has 8 nitrogen and oxygen atoms in total. The van der Waals surface area contributed by atoms with E-state index in [2.05, 4.69) is 15.1 Å². The predicted octanol–water partition coefficient (Wildman–Crippen LogP) is 1.11. The maximum absolute atomic E-state index is 12.7. The number of hydrogen-bond donors (Lipinski definition) is 0. The van der Waals surface area contributed by atoms with Gasteiger partial charge in [0.2, 0.25) is 18.6 Å². The summed E-state index contributed by atoms with van der Waals surface area (Å²) in [5.41, 5.74) is 0.638. The summed E-state index contributed by atoms with van der Waals surface area (Å²) >= 11 is 0. The van der Waals surface area contributed by atoms with Crippen LogP contribution < -0.4 is 9.47 Å².